The first-order valence-corrected chi connectivity index (χ1v) is 7.29. The molecule has 0 saturated carbocycles. The summed E-state index contributed by atoms with van der Waals surface area (Å²) in [6.45, 7) is 0.441. The number of nitrogens with zero attached hydrogens (tertiary/aromatic N) is 2. The number of carbonyl (C=O) groups excluding carboxylic acids is 1. The Morgan fingerprint density at radius 2 is 1.91 bits per heavy atom. The maximum Gasteiger partial charge on any atom is 0.251 e. The van der Waals surface area contributed by atoms with E-state index in [2.05, 4.69) is 10.4 Å². The van der Waals surface area contributed by atoms with Crippen LogP contribution in [0.4, 0.5) is 0 Å². The topological polar surface area (TPSA) is 56.2 Å². The van der Waals surface area contributed by atoms with Crippen LogP contribution in [0.2, 0.25) is 0 Å². The van der Waals surface area contributed by atoms with E-state index in [-0.39, 0.29) is 5.91 Å². The molecule has 0 spiro atoms. The third-order valence-electron chi connectivity index (χ3n) is 3.29. The van der Waals surface area contributed by atoms with Gasteiger partial charge in [0.2, 0.25) is 0 Å². The summed E-state index contributed by atoms with van der Waals surface area (Å²) in [5.74, 6) is 1.22. The van der Waals surface area contributed by atoms with Crippen LogP contribution >= 0.6 is 0 Å². The normalized spacial score (nSPS) is 10.3. The summed E-state index contributed by atoms with van der Waals surface area (Å²) in [6.07, 6.45) is 3.60. The highest BCUT2D eigenvalue weighted by atomic mass is 16.5. The number of aromatic nitrogens is 2. The number of hydrogen-bond donors (Lipinski definition) is 1. The van der Waals surface area contributed by atoms with Crippen LogP contribution in [0.15, 0.2) is 67.0 Å². The fraction of sp³-hybridized carbons (Fsp3) is 0.111. The smallest absolute Gasteiger partial charge is 0.251 e. The lowest BCUT2D eigenvalue weighted by atomic mass is 10.2. The van der Waals surface area contributed by atoms with Gasteiger partial charge in [-0.15, -0.1) is 0 Å². The molecule has 2 aromatic carbocycles. The van der Waals surface area contributed by atoms with Crippen molar-refractivity contribution in [1.82, 2.24) is 15.1 Å². The zero-order valence-electron chi connectivity index (χ0n) is 12.8. The number of benzene rings is 2. The molecule has 0 aliphatic heterocycles. The number of aryl methyl sites for hydroxylation is 1. The first kappa shape index (κ1) is 14.8. The summed E-state index contributed by atoms with van der Waals surface area (Å²) < 4.78 is 7.45. The van der Waals surface area contributed by atoms with Crippen molar-refractivity contribution >= 4 is 5.91 Å². The summed E-state index contributed by atoms with van der Waals surface area (Å²) in [5.41, 5.74) is 1.51. The molecule has 0 aliphatic rings. The van der Waals surface area contributed by atoms with Crippen molar-refractivity contribution in [1.29, 1.82) is 0 Å². The van der Waals surface area contributed by atoms with Crippen LogP contribution in [0.25, 0.3) is 0 Å². The van der Waals surface area contributed by atoms with Gasteiger partial charge in [0.25, 0.3) is 5.91 Å². The largest absolute Gasteiger partial charge is 0.457 e. The van der Waals surface area contributed by atoms with Crippen LogP contribution in [0.3, 0.4) is 0 Å². The van der Waals surface area contributed by atoms with E-state index in [1.54, 1.807) is 29.1 Å². The van der Waals surface area contributed by atoms with E-state index in [1.165, 1.54) is 0 Å². The zero-order chi connectivity index (χ0) is 16.1. The Hall–Kier alpha value is -3.08. The zero-order valence-corrected chi connectivity index (χ0v) is 12.8. The molecular formula is C18H17N3O2. The lowest BCUT2D eigenvalue weighted by molar-refractivity contribution is 0.0950. The van der Waals surface area contributed by atoms with Gasteiger partial charge in [-0.3, -0.25) is 9.48 Å². The third kappa shape index (κ3) is 3.97. The second-order valence-corrected chi connectivity index (χ2v) is 5.15. The summed E-state index contributed by atoms with van der Waals surface area (Å²) in [7, 11) is 1.84. The lowest BCUT2D eigenvalue weighted by Crippen LogP contribution is -2.22. The van der Waals surface area contributed by atoms with Gasteiger partial charge in [-0.05, 0) is 30.3 Å². The van der Waals surface area contributed by atoms with Crippen molar-refractivity contribution in [2.24, 2.45) is 7.05 Å². The molecule has 1 N–H and O–H groups in total. The van der Waals surface area contributed by atoms with Gasteiger partial charge in [0.15, 0.2) is 0 Å². The number of carbonyl (C=O) groups is 1. The highest BCUT2D eigenvalue weighted by Gasteiger charge is 2.07. The van der Waals surface area contributed by atoms with Crippen LogP contribution in [0.1, 0.15) is 15.9 Å². The maximum atomic E-state index is 12.2. The number of amides is 1. The molecule has 0 bridgehead atoms. The molecule has 1 amide bonds. The van der Waals surface area contributed by atoms with E-state index >= 15 is 0 Å². The van der Waals surface area contributed by atoms with E-state index in [9.17, 15) is 4.79 Å². The summed E-state index contributed by atoms with van der Waals surface area (Å²) in [4.78, 5) is 12.2. The third-order valence-corrected chi connectivity index (χ3v) is 3.29. The lowest BCUT2D eigenvalue weighted by Gasteiger charge is -2.08. The van der Waals surface area contributed by atoms with E-state index in [1.807, 2.05) is 49.6 Å². The average molecular weight is 307 g/mol. The van der Waals surface area contributed by atoms with Crippen molar-refractivity contribution in [3.05, 3.63) is 78.1 Å². The van der Waals surface area contributed by atoms with E-state index in [4.69, 9.17) is 4.74 Å². The first-order valence-electron chi connectivity index (χ1n) is 7.29. The predicted octanol–water partition coefficient (Wildman–Crippen LogP) is 3.14. The molecule has 0 radical (unpaired) electrons. The Balaban J connectivity index is 1.65. The van der Waals surface area contributed by atoms with Gasteiger partial charge in [0.1, 0.15) is 11.5 Å². The maximum absolute atomic E-state index is 12.2. The van der Waals surface area contributed by atoms with E-state index in [0.717, 1.165) is 11.3 Å². The Labute approximate surface area is 134 Å². The summed E-state index contributed by atoms with van der Waals surface area (Å²) in [5, 5.41) is 6.95. The number of rotatable bonds is 5. The molecule has 23 heavy (non-hydrogen) atoms. The van der Waals surface area contributed by atoms with E-state index in [0.29, 0.717) is 17.9 Å². The van der Waals surface area contributed by atoms with Crippen LogP contribution in [0.5, 0.6) is 11.5 Å². The van der Waals surface area contributed by atoms with Gasteiger partial charge < -0.3 is 10.1 Å². The molecule has 0 unspecified atom stereocenters. The van der Waals surface area contributed by atoms with Crippen molar-refractivity contribution < 1.29 is 9.53 Å². The fourth-order valence-electron chi connectivity index (χ4n) is 2.17. The molecule has 3 rings (SSSR count). The molecule has 0 fully saturated rings. The minimum absolute atomic E-state index is 0.146. The van der Waals surface area contributed by atoms with Gasteiger partial charge in [-0.2, -0.15) is 5.10 Å². The monoisotopic (exact) mass is 307 g/mol. The number of nitrogens with one attached hydrogen (secondary N) is 1. The predicted molar refractivity (Wildman–Crippen MR) is 87.3 cm³/mol. The Kier molecular flexibility index (Phi) is 4.38. The molecule has 0 saturated heterocycles. The van der Waals surface area contributed by atoms with Crippen molar-refractivity contribution in [3.8, 4) is 11.5 Å². The summed E-state index contributed by atoms with van der Waals surface area (Å²) in [6, 6.07) is 16.6. The standard InChI is InChI=1S/C18H17N3O2/c1-21-13-14(12-20-21)11-19-18(22)15-6-5-9-17(10-15)23-16-7-3-2-4-8-16/h2-10,12-13H,11H2,1H3,(H,19,22). The molecular weight excluding hydrogens is 290 g/mol. The van der Waals surface area contributed by atoms with Gasteiger partial charge in [-0.25, -0.2) is 0 Å². The highest BCUT2D eigenvalue weighted by molar-refractivity contribution is 5.94. The number of hydrogen-bond acceptors (Lipinski definition) is 3. The first-order chi connectivity index (χ1) is 11.2. The number of ether oxygens (including phenoxy) is 1. The molecule has 0 aliphatic carbocycles. The Morgan fingerprint density at radius 3 is 2.65 bits per heavy atom. The number of para-hydroxylation sites is 1. The van der Waals surface area contributed by atoms with E-state index < -0.39 is 0 Å². The molecule has 1 aromatic heterocycles. The van der Waals surface area contributed by atoms with Crippen LogP contribution in [0, 0.1) is 0 Å². The molecule has 3 aromatic rings. The quantitative estimate of drug-likeness (QED) is 0.788. The fourth-order valence-corrected chi connectivity index (χ4v) is 2.17. The van der Waals surface area contributed by atoms with Gasteiger partial charge >= 0.3 is 0 Å². The van der Waals surface area contributed by atoms with Crippen LogP contribution < -0.4 is 10.1 Å². The average Bonchev–Trinajstić information content (AvgIpc) is 2.99. The second-order valence-electron chi connectivity index (χ2n) is 5.15. The van der Waals surface area contributed by atoms with Gasteiger partial charge in [-0.1, -0.05) is 24.3 Å². The Bertz CT molecular complexity index is 797. The van der Waals surface area contributed by atoms with Gasteiger partial charge in [0.05, 0.1) is 6.20 Å². The molecule has 5 nitrogen and oxygen atoms in total. The van der Waals surface area contributed by atoms with Crippen LogP contribution in [-0.4, -0.2) is 15.7 Å². The van der Waals surface area contributed by atoms with Crippen LogP contribution in [-0.2, 0) is 13.6 Å². The Morgan fingerprint density at radius 1 is 1.13 bits per heavy atom. The van der Waals surface area contributed by atoms with Crippen molar-refractivity contribution in [2.45, 2.75) is 6.54 Å². The minimum Gasteiger partial charge on any atom is -0.457 e. The molecule has 0 atom stereocenters. The SMILES string of the molecule is Cn1cc(CNC(=O)c2cccc(Oc3ccccc3)c2)cn1. The molecule has 1 heterocycles. The van der Waals surface area contributed by atoms with Crippen molar-refractivity contribution in [2.75, 3.05) is 0 Å². The second kappa shape index (κ2) is 6.79. The highest BCUT2D eigenvalue weighted by Crippen LogP contribution is 2.21. The minimum atomic E-state index is -0.146. The van der Waals surface area contributed by atoms with Crippen molar-refractivity contribution in [3.63, 3.8) is 0 Å². The summed E-state index contributed by atoms with van der Waals surface area (Å²) >= 11 is 0. The molecule has 5 heteroatoms. The molecule has 116 valence electrons. The van der Waals surface area contributed by atoms with Gasteiger partial charge in [0, 0.05) is 30.9 Å².